The van der Waals surface area contributed by atoms with Gasteiger partial charge >= 0.3 is 0 Å². The summed E-state index contributed by atoms with van der Waals surface area (Å²) in [7, 11) is 2.16. The normalized spacial score (nSPS) is 18.1. The first-order valence-electron chi connectivity index (χ1n) is 9.58. The number of benzene rings is 1. The highest BCUT2D eigenvalue weighted by Crippen LogP contribution is 2.32. The first-order chi connectivity index (χ1) is 12.7. The highest BCUT2D eigenvalue weighted by Gasteiger charge is 2.26. The molecule has 2 aliphatic heterocycles. The molecule has 1 amide bonds. The molecule has 2 aliphatic rings. The Labute approximate surface area is 159 Å². The lowest BCUT2D eigenvalue weighted by atomic mass is 10.0. The van der Waals surface area contributed by atoms with Crippen LogP contribution in [0, 0.1) is 0 Å². The summed E-state index contributed by atoms with van der Waals surface area (Å²) in [6, 6.07) is 11.2. The average molecular weight is 370 g/mol. The van der Waals surface area contributed by atoms with E-state index in [4.69, 9.17) is 0 Å². The van der Waals surface area contributed by atoms with E-state index in [0.717, 1.165) is 30.9 Å². The van der Waals surface area contributed by atoms with Crippen LogP contribution >= 0.6 is 11.3 Å². The smallest absolute Gasteiger partial charge is 0.225 e. The van der Waals surface area contributed by atoms with Crippen LogP contribution in [0.3, 0.4) is 0 Å². The molecular formula is C21H27N3OS. The number of anilines is 1. The molecule has 0 spiro atoms. The number of fused-ring (bicyclic) bond motifs is 1. The molecule has 1 fully saturated rings. The Morgan fingerprint density at radius 1 is 1.23 bits per heavy atom. The van der Waals surface area contributed by atoms with Crippen molar-refractivity contribution in [3.8, 4) is 0 Å². The first kappa shape index (κ1) is 17.6. The third-order valence-corrected chi connectivity index (χ3v) is 6.48. The molecule has 1 N–H and O–H groups in total. The van der Waals surface area contributed by atoms with Crippen LogP contribution in [0.5, 0.6) is 0 Å². The van der Waals surface area contributed by atoms with Crippen LogP contribution in [0.15, 0.2) is 35.7 Å². The Kier molecular flexibility index (Phi) is 5.27. The Morgan fingerprint density at radius 2 is 2.08 bits per heavy atom. The molecule has 0 saturated carbocycles. The molecule has 1 aromatic heterocycles. The van der Waals surface area contributed by atoms with Crippen molar-refractivity contribution in [2.45, 2.75) is 31.7 Å². The van der Waals surface area contributed by atoms with E-state index in [9.17, 15) is 4.79 Å². The molecule has 3 heterocycles. The fourth-order valence-corrected chi connectivity index (χ4v) is 4.85. The Morgan fingerprint density at radius 3 is 2.85 bits per heavy atom. The zero-order valence-corrected chi connectivity index (χ0v) is 16.2. The summed E-state index contributed by atoms with van der Waals surface area (Å²) >= 11 is 1.64. The number of likely N-dealkylation sites (N-methyl/N-ethyl adjacent to an activating group) is 1. The van der Waals surface area contributed by atoms with Crippen LogP contribution < -0.4 is 10.2 Å². The summed E-state index contributed by atoms with van der Waals surface area (Å²) in [5, 5.41) is 5.21. The molecule has 0 aliphatic carbocycles. The second-order valence-electron chi connectivity index (χ2n) is 7.38. The van der Waals surface area contributed by atoms with E-state index >= 15 is 0 Å². The molecule has 4 rings (SSSR count). The molecule has 5 heteroatoms. The maximum absolute atomic E-state index is 12.4. The second kappa shape index (κ2) is 7.80. The average Bonchev–Trinajstić information content (AvgIpc) is 3.38. The van der Waals surface area contributed by atoms with Gasteiger partial charge in [-0.2, -0.15) is 0 Å². The zero-order chi connectivity index (χ0) is 17.9. The maximum Gasteiger partial charge on any atom is 0.225 e. The van der Waals surface area contributed by atoms with Gasteiger partial charge in [0.05, 0.1) is 12.5 Å². The van der Waals surface area contributed by atoms with Gasteiger partial charge in [0.1, 0.15) is 0 Å². The lowest BCUT2D eigenvalue weighted by Gasteiger charge is -2.29. The van der Waals surface area contributed by atoms with E-state index in [1.54, 1.807) is 11.3 Å². The summed E-state index contributed by atoms with van der Waals surface area (Å²) in [6.07, 6.45) is 4.12. The predicted octanol–water partition coefficient (Wildman–Crippen LogP) is 3.24. The fraction of sp³-hybridized carbons (Fsp3) is 0.476. The minimum atomic E-state index is 0.123. The molecule has 138 valence electrons. The summed E-state index contributed by atoms with van der Waals surface area (Å²) < 4.78 is 0. The molecule has 2 aromatic rings. The quantitative estimate of drug-likeness (QED) is 0.849. The lowest BCUT2D eigenvalue weighted by molar-refractivity contribution is -0.120. The minimum absolute atomic E-state index is 0.123. The molecule has 26 heavy (non-hydrogen) atoms. The topological polar surface area (TPSA) is 35.6 Å². The van der Waals surface area contributed by atoms with E-state index in [1.807, 2.05) is 17.5 Å². The molecule has 0 bridgehead atoms. The van der Waals surface area contributed by atoms with Crippen molar-refractivity contribution in [3.05, 3.63) is 51.7 Å². The number of amides is 1. The van der Waals surface area contributed by atoms with Crippen molar-refractivity contribution in [2.75, 3.05) is 38.1 Å². The van der Waals surface area contributed by atoms with E-state index in [-0.39, 0.29) is 11.9 Å². The van der Waals surface area contributed by atoms with Gasteiger partial charge in [-0.3, -0.25) is 9.69 Å². The zero-order valence-electron chi connectivity index (χ0n) is 15.4. The summed E-state index contributed by atoms with van der Waals surface area (Å²) in [5.74, 6) is 0.123. The van der Waals surface area contributed by atoms with Crippen LogP contribution in [0.2, 0.25) is 0 Å². The monoisotopic (exact) mass is 369 g/mol. The van der Waals surface area contributed by atoms with Gasteiger partial charge in [0.25, 0.3) is 0 Å². The van der Waals surface area contributed by atoms with Crippen molar-refractivity contribution in [2.24, 2.45) is 0 Å². The molecule has 1 aromatic carbocycles. The summed E-state index contributed by atoms with van der Waals surface area (Å²) in [5.41, 5.74) is 4.15. The highest BCUT2D eigenvalue weighted by atomic mass is 32.1. The van der Waals surface area contributed by atoms with Gasteiger partial charge in [-0.15, -0.1) is 11.3 Å². The molecule has 0 unspecified atom stereocenters. The van der Waals surface area contributed by atoms with Crippen LogP contribution in [0.1, 0.15) is 34.9 Å². The minimum Gasteiger partial charge on any atom is -0.374 e. The third kappa shape index (κ3) is 3.79. The van der Waals surface area contributed by atoms with Crippen LogP contribution in [0.4, 0.5) is 5.69 Å². The van der Waals surface area contributed by atoms with Gasteiger partial charge in [0.2, 0.25) is 5.91 Å². The van der Waals surface area contributed by atoms with Crippen molar-refractivity contribution in [1.29, 1.82) is 0 Å². The number of hydrogen-bond donors (Lipinski definition) is 1. The largest absolute Gasteiger partial charge is 0.374 e. The second-order valence-corrected chi connectivity index (χ2v) is 8.41. The number of carbonyl (C=O) groups is 1. The molecule has 1 atom stereocenters. The van der Waals surface area contributed by atoms with Crippen LogP contribution in [-0.2, 0) is 17.6 Å². The van der Waals surface area contributed by atoms with E-state index in [1.165, 1.54) is 29.7 Å². The van der Waals surface area contributed by atoms with Gasteiger partial charge in [-0.25, -0.2) is 0 Å². The third-order valence-electron chi connectivity index (χ3n) is 5.61. The van der Waals surface area contributed by atoms with Crippen molar-refractivity contribution < 1.29 is 4.79 Å². The van der Waals surface area contributed by atoms with Crippen LogP contribution in [0.25, 0.3) is 0 Å². The van der Waals surface area contributed by atoms with Gasteiger partial charge in [-0.1, -0.05) is 18.2 Å². The van der Waals surface area contributed by atoms with Gasteiger partial charge in [0, 0.05) is 30.7 Å². The van der Waals surface area contributed by atoms with Crippen molar-refractivity contribution >= 4 is 22.9 Å². The van der Waals surface area contributed by atoms with Gasteiger partial charge < -0.3 is 10.2 Å². The van der Waals surface area contributed by atoms with Crippen molar-refractivity contribution in [1.82, 2.24) is 10.2 Å². The molecule has 1 saturated heterocycles. The predicted molar refractivity (Wildman–Crippen MR) is 108 cm³/mol. The molecule has 0 radical (unpaired) electrons. The number of thiophene rings is 1. The van der Waals surface area contributed by atoms with E-state index in [0.29, 0.717) is 13.0 Å². The Bertz CT molecular complexity index is 753. The number of rotatable bonds is 6. The number of nitrogens with zero attached hydrogens (tertiary/aromatic N) is 2. The standard InChI is InChI=1S/C21H27N3OS/c1-23-11-8-17-13-16(6-7-19(17)23)20(24-9-2-3-10-24)15-22-21(25)14-18-5-4-12-26-18/h4-7,12-13,20H,2-3,8-11,14-15H2,1H3,(H,22,25)/t20-/m1/s1. The molecular weight excluding hydrogens is 342 g/mol. The number of nitrogens with one attached hydrogen (secondary N) is 1. The van der Waals surface area contributed by atoms with Crippen LogP contribution in [-0.4, -0.2) is 44.0 Å². The van der Waals surface area contributed by atoms with Gasteiger partial charge in [0.15, 0.2) is 0 Å². The maximum atomic E-state index is 12.4. The van der Waals surface area contributed by atoms with Crippen molar-refractivity contribution in [3.63, 3.8) is 0 Å². The highest BCUT2D eigenvalue weighted by molar-refractivity contribution is 7.10. The fourth-order valence-electron chi connectivity index (χ4n) is 4.15. The molecule has 4 nitrogen and oxygen atoms in total. The lowest BCUT2D eigenvalue weighted by Crippen LogP contribution is -2.37. The van der Waals surface area contributed by atoms with E-state index < -0.39 is 0 Å². The first-order valence-corrected chi connectivity index (χ1v) is 10.5. The summed E-state index contributed by atoms with van der Waals surface area (Å²) in [6.45, 7) is 4.05. The number of hydrogen-bond acceptors (Lipinski definition) is 4. The number of carbonyl (C=O) groups excluding carboxylic acids is 1. The van der Waals surface area contributed by atoms with Gasteiger partial charge in [-0.05, 0) is 61.0 Å². The van der Waals surface area contributed by atoms with E-state index in [2.05, 4.69) is 40.4 Å². The number of likely N-dealkylation sites (tertiary alicyclic amines) is 1. The SMILES string of the molecule is CN1CCc2cc([C@@H](CNC(=O)Cc3cccs3)N3CCCC3)ccc21. The summed E-state index contributed by atoms with van der Waals surface area (Å²) in [4.78, 5) is 18.3. The Hall–Kier alpha value is -1.85. The Balaban J connectivity index is 1.47.